The number of fused-ring (bicyclic) bond motifs is 1. The van der Waals surface area contributed by atoms with Crippen LogP contribution in [0.4, 0.5) is 0 Å². The van der Waals surface area contributed by atoms with Crippen molar-refractivity contribution in [1.82, 2.24) is 0 Å². The van der Waals surface area contributed by atoms with Crippen molar-refractivity contribution in [1.29, 1.82) is 0 Å². The minimum Gasteiger partial charge on any atom is -0.486 e. The summed E-state index contributed by atoms with van der Waals surface area (Å²) in [5.74, 6) is 1.63. The highest BCUT2D eigenvalue weighted by molar-refractivity contribution is 9.10. The summed E-state index contributed by atoms with van der Waals surface area (Å²) >= 11 is 3.60. The molecular weight excluding hydrogens is 330 g/mol. The molecule has 1 aliphatic heterocycles. The van der Waals surface area contributed by atoms with Crippen LogP contribution in [-0.4, -0.2) is 13.2 Å². The highest BCUT2D eigenvalue weighted by Gasteiger charge is 2.18. The molecule has 3 nitrogen and oxygen atoms in total. The second-order valence-electron chi connectivity index (χ2n) is 5.68. The van der Waals surface area contributed by atoms with E-state index in [0.717, 1.165) is 28.0 Å². The maximum atomic E-state index is 6.34. The molecule has 1 aliphatic rings. The molecule has 0 aromatic heterocycles. The average molecular weight is 356 g/mol. The fraction of sp³-hybridized carbons (Fsp3) is 0.647. The second-order valence-corrected chi connectivity index (χ2v) is 6.53. The quantitative estimate of drug-likeness (QED) is 0.669. The van der Waals surface area contributed by atoms with E-state index in [2.05, 4.69) is 22.9 Å². The fourth-order valence-corrected chi connectivity index (χ4v) is 3.28. The molecule has 0 saturated carbocycles. The van der Waals surface area contributed by atoms with Gasteiger partial charge in [-0.25, -0.2) is 0 Å². The van der Waals surface area contributed by atoms with Gasteiger partial charge in [-0.3, -0.25) is 0 Å². The standard InChI is InChI=1S/C17H26BrNO2/c1-2-3-4-5-6-7-8-15(19)13-11-16-17(12-14(13)18)21-10-9-20-16/h11-12,15H,2-10,19H2,1H3. The van der Waals surface area contributed by atoms with Gasteiger partial charge in [0.25, 0.3) is 0 Å². The normalized spacial score (nSPS) is 15.0. The minimum absolute atomic E-state index is 0.0568. The topological polar surface area (TPSA) is 44.5 Å². The molecule has 1 atom stereocenters. The van der Waals surface area contributed by atoms with E-state index in [-0.39, 0.29) is 6.04 Å². The van der Waals surface area contributed by atoms with Crippen molar-refractivity contribution in [2.45, 2.75) is 57.9 Å². The van der Waals surface area contributed by atoms with E-state index in [0.29, 0.717) is 13.2 Å². The molecule has 0 saturated heterocycles. The summed E-state index contributed by atoms with van der Waals surface area (Å²) in [5.41, 5.74) is 7.46. The lowest BCUT2D eigenvalue weighted by molar-refractivity contribution is 0.171. The molecule has 2 N–H and O–H groups in total. The molecule has 0 radical (unpaired) electrons. The molecule has 4 heteroatoms. The van der Waals surface area contributed by atoms with E-state index in [9.17, 15) is 0 Å². The smallest absolute Gasteiger partial charge is 0.162 e. The van der Waals surface area contributed by atoms with Crippen LogP contribution in [0, 0.1) is 0 Å². The zero-order valence-corrected chi connectivity index (χ0v) is 14.5. The summed E-state index contributed by atoms with van der Waals surface area (Å²) < 4.78 is 12.2. The van der Waals surface area contributed by atoms with Gasteiger partial charge in [0.05, 0.1) is 0 Å². The van der Waals surface area contributed by atoms with Gasteiger partial charge in [0.1, 0.15) is 13.2 Å². The summed E-state index contributed by atoms with van der Waals surface area (Å²) in [6.07, 6.45) is 8.79. The maximum Gasteiger partial charge on any atom is 0.162 e. The summed E-state index contributed by atoms with van der Waals surface area (Å²) in [6, 6.07) is 4.06. The Labute approximate surface area is 136 Å². The van der Waals surface area contributed by atoms with Gasteiger partial charge >= 0.3 is 0 Å². The number of unbranched alkanes of at least 4 members (excludes halogenated alkanes) is 5. The Morgan fingerprint density at radius 3 is 2.38 bits per heavy atom. The van der Waals surface area contributed by atoms with Crippen LogP contribution in [-0.2, 0) is 0 Å². The first-order chi connectivity index (χ1) is 10.2. The summed E-state index contributed by atoms with van der Waals surface area (Å²) in [7, 11) is 0. The summed E-state index contributed by atoms with van der Waals surface area (Å²) in [6.45, 7) is 3.47. The molecular formula is C17H26BrNO2. The number of hydrogen-bond acceptors (Lipinski definition) is 3. The van der Waals surface area contributed by atoms with Crippen LogP contribution >= 0.6 is 15.9 Å². The van der Waals surface area contributed by atoms with Gasteiger partial charge in [-0.15, -0.1) is 0 Å². The number of hydrogen-bond donors (Lipinski definition) is 1. The lowest BCUT2D eigenvalue weighted by Crippen LogP contribution is -2.17. The Morgan fingerprint density at radius 1 is 1.05 bits per heavy atom. The van der Waals surface area contributed by atoms with E-state index in [1.807, 2.05) is 12.1 Å². The first kappa shape index (κ1) is 16.6. The molecule has 1 aromatic rings. The van der Waals surface area contributed by atoms with Gasteiger partial charge in [-0.1, -0.05) is 61.4 Å². The van der Waals surface area contributed by atoms with Gasteiger partial charge in [0.2, 0.25) is 0 Å². The molecule has 118 valence electrons. The predicted octanol–water partition coefficient (Wildman–Crippen LogP) is 4.97. The van der Waals surface area contributed by atoms with E-state index < -0.39 is 0 Å². The fourth-order valence-electron chi connectivity index (χ4n) is 2.66. The lowest BCUT2D eigenvalue weighted by Gasteiger charge is -2.22. The van der Waals surface area contributed by atoms with Gasteiger partial charge in [0.15, 0.2) is 11.5 Å². The molecule has 0 bridgehead atoms. The third-order valence-corrected chi connectivity index (χ3v) is 4.62. The minimum atomic E-state index is 0.0568. The molecule has 21 heavy (non-hydrogen) atoms. The third kappa shape index (κ3) is 4.89. The van der Waals surface area contributed by atoms with E-state index in [1.54, 1.807) is 0 Å². The van der Waals surface area contributed by atoms with Crippen LogP contribution in [0.15, 0.2) is 16.6 Å². The highest BCUT2D eigenvalue weighted by atomic mass is 79.9. The van der Waals surface area contributed by atoms with Crippen molar-refractivity contribution in [3.63, 3.8) is 0 Å². The van der Waals surface area contributed by atoms with E-state index in [4.69, 9.17) is 15.2 Å². The van der Waals surface area contributed by atoms with Gasteiger partial charge < -0.3 is 15.2 Å². The van der Waals surface area contributed by atoms with E-state index >= 15 is 0 Å². The van der Waals surface area contributed by atoms with Crippen LogP contribution in [0.3, 0.4) is 0 Å². The zero-order valence-electron chi connectivity index (χ0n) is 12.9. The SMILES string of the molecule is CCCCCCCCC(N)c1cc2c(cc1Br)OCCO2. The van der Waals surface area contributed by atoms with Crippen molar-refractivity contribution >= 4 is 15.9 Å². The Kier molecular flexibility index (Phi) is 6.84. The second kappa shape index (κ2) is 8.64. The van der Waals surface area contributed by atoms with Gasteiger partial charge in [-0.2, -0.15) is 0 Å². The molecule has 0 aliphatic carbocycles. The number of halogens is 1. The Bertz CT molecular complexity index is 451. The Morgan fingerprint density at radius 2 is 1.67 bits per heavy atom. The van der Waals surface area contributed by atoms with Crippen LogP contribution in [0.25, 0.3) is 0 Å². The number of ether oxygens (including phenoxy) is 2. The first-order valence-corrected chi connectivity index (χ1v) is 8.86. The number of benzene rings is 1. The van der Waals surface area contributed by atoms with Crippen molar-refractivity contribution in [3.8, 4) is 11.5 Å². The molecule has 1 unspecified atom stereocenters. The van der Waals surface area contributed by atoms with Crippen LogP contribution in [0.2, 0.25) is 0 Å². The predicted molar refractivity (Wildman–Crippen MR) is 90.1 cm³/mol. The van der Waals surface area contributed by atoms with Crippen molar-refractivity contribution in [3.05, 3.63) is 22.2 Å². The zero-order chi connectivity index (χ0) is 15.1. The molecule has 1 aromatic carbocycles. The van der Waals surface area contributed by atoms with Gasteiger partial charge in [0, 0.05) is 10.5 Å². The van der Waals surface area contributed by atoms with Gasteiger partial charge in [-0.05, 0) is 24.1 Å². The summed E-state index contributed by atoms with van der Waals surface area (Å²) in [5, 5.41) is 0. The molecule has 2 rings (SSSR count). The van der Waals surface area contributed by atoms with Crippen molar-refractivity contribution in [2.24, 2.45) is 5.73 Å². The first-order valence-electron chi connectivity index (χ1n) is 8.07. The highest BCUT2D eigenvalue weighted by Crippen LogP contribution is 2.38. The summed E-state index contributed by atoms with van der Waals surface area (Å²) in [4.78, 5) is 0. The lowest BCUT2D eigenvalue weighted by atomic mass is 10.00. The molecule has 0 amide bonds. The van der Waals surface area contributed by atoms with Crippen LogP contribution < -0.4 is 15.2 Å². The average Bonchev–Trinajstić information content (AvgIpc) is 2.49. The molecule has 0 spiro atoms. The number of nitrogens with two attached hydrogens (primary N) is 1. The van der Waals surface area contributed by atoms with Crippen molar-refractivity contribution < 1.29 is 9.47 Å². The Balaban J connectivity index is 1.85. The molecule has 1 heterocycles. The van der Waals surface area contributed by atoms with Crippen molar-refractivity contribution in [2.75, 3.05) is 13.2 Å². The van der Waals surface area contributed by atoms with Crippen LogP contribution in [0.1, 0.15) is 63.5 Å². The van der Waals surface area contributed by atoms with E-state index in [1.165, 1.54) is 38.5 Å². The third-order valence-electron chi connectivity index (χ3n) is 3.93. The maximum absolute atomic E-state index is 6.34. The Hall–Kier alpha value is -0.740. The van der Waals surface area contributed by atoms with Crippen LogP contribution in [0.5, 0.6) is 11.5 Å². The molecule has 0 fully saturated rings. The monoisotopic (exact) mass is 355 g/mol. The number of rotatable bonds is 8. The largest absolute Gasteiger partial charge is 0.486 e.